The molecule has 0 atom stereocenters. The van der Waals surface area contributed by atoms with Crippen molar-refractivity contribution >= 4 is 56.1 Å². The molecule has 0 saturated carbocycles. The lowest BCUT2D eigenvalue weighted by atomic mass is 9.77. The summed E-state index contributed by atoms with van der Waals surface area (Å²) >= 11 is 0. The third kappa shape index (κ3) is 1.93. The molecule has 0 fully saturated rings. The Bertz CT molecular complexity index is 1690. The van der Waals surface area contributed by atoms with Crippen molar-refractivity contribution in [2.75, 3.05) is 0 Å². The van der Waals surface area contributed by atoms with Gasteiger partial charge in [0.05, 0.1) is 0 Å². The van der Waals surface area contributed by atoms with Gasteiger partial charge >= 0.3 is 7.12 Å². The van der Waals surface area contributed by atoms with E-state index in [9.17, 15) is 10.0 Å². The maximum absolute atomic E-state index is 10.1. The Balaban J connectivity index is 1.82. The molecule has 3 nitrogen and oxygen atoms in total. The van der Waals surface area contributed by atoms with Gasteiger partial charge in [0.2, 0.25) is 0 Å². The van der Waals surface area contributed by atoms with E-state index < -0.39 is 7.12 Å². The maximum atomic E-state index is 10.1. The first-order chi connectivity index (χ1) is 15.0. The first-order valence-corrected chi connectivity index (χ1v) is 10.6. The van der Waals surface area contributed by atoms with Crippen molar-refractivity contribution in [3.05, 3.63) is 77.9 Å². The van der Waals surface area contributed by atoms with Crippen LogP contribution in [0.3, 0.4) is 0 Å². The minimum absolute atomic E-state index is 0.215. The van der Waals surface area contributed by atoms with Gasteiger partial charge in [0.15, 0.2) is 0 Å². The molecule has 2 N–H and O–H groups in total. The minimum atomic E-state index is -1.59. The van der Waals surface area contributed by atoms with E-state index >= 15 is 0 Å². The molecule has 1 aliphatic rings. The van der Waals surface area contributed by atoms with Crippen molar-refractivity contribution in [2.45, 2.75) is 19.3 Å². The molecular weight excluding hydrogens is 383 g/mol. The fourth-order valence-electron chi connectivity index (χ4n) is 5.89. The molecule has 5 aromatic carbocycles. The van der Waals surface area contributed by atoms with E-state index in [2.05, 4.69) is 62.4 Å². The minimum Gasteiger partial charge on any atom is -0.456 e. The zero-order valence-electron chi connectivity index (χ0n) is 17.2. The molecule has 0 unspecified atom stereocenters. The summed E-state index contributed by atoms with van der Waals surface area (Å²) in [5.41, 5.74) is 6.52. The number of hydrogen-bond acceptors (Lipinski definition) is 3. The molecule has 4 heteroatoms. The molecule has 6 aromatic rings. The van der Waals surface area contributed by atoms with Gasteiger partial charge in [0.25, 0.3) is 0 Å². The third-order valence-electron chi connectivity index (χ3n) is 7.22. The van der Waals surface area contributed by atoms with E-state index in [4.69, 9.17) is 4.42 Å². The molecule has 0 aliphatic heterocycles. The molecule has 0 spiro atoms. The number of hydrogen-bond donors (Lipinski definition) is 2. The first kappa shape index (κ1) is 17.4. The summed E-state index contributed by atoms with van der Waals surface area (Å²) in [5, 5.41) is 26.7. The van der Waals surface area contributed by atoms with Gasteiger partial charge in [-0.3, -0.25) is 0 Å². The van der Waals surface area contributed by atoms with Crippen LogP contribution in [0.4, 0.5) is 0 Å². The number of furan rings is 1. The molecular formula is C27H19BO3. The summed E-state index contributed by atoms with van der Waals surface area (Å²) in [7, 11) is -1.59. The van der Waals surface area contributed by atoms with Gasteiger partial charge in [-0.25, -0.2) is 0 Å². The molecule has 148 valence electrons. The highest BCUT2D eigenvalue weighted by Gasteiger charge is 2.39. The van der Waals surface area contributed by atoms with Crippen LogP contribution >= 0.6 is 0 Å². The fraction of sp³-hybridized carbons (Fsp3) is 0.111. The fourth-order valence-corrected chi connectivity index (χ4v) is 5.89. The normalized spacial score (nSPS) is 14.7. The Hall–Kier alpha value is -3.34. The van der Waals surface area contributed by atoms with Crippen LogP contribution in [0, 0.1) is 0 Å². The van der Waals surface area contributed by atoms with Crippen molar-refractivity contribution in [3.8, 4) is 11.1 Å². The van der Waals surface area contributed by atoms with Crippen LogP contribution in [0.5, 0.6) is 0 Å². The van der Waals surface area contributed by atoms with Crippen molar-refractivity contribution in [1.29, 1.82) is 0 Å². The predicted octanol–water partition coefficient (Wildman–Crippen LogP) is 5.32. The summed E-state index contributed by atoms with van der Waals surface area (Å²) in [4.78, 5) is 0. The van der Waals surface area contributed by atoms with E-state index in [1.165, 1.54) is 27.6 Å². The van der Waals surface area contributed by atoms with Crippen LogP contribution in [-0.4, -0.2) is 17.2 Å². The lowest BCUT2D eigenvalue weighted by Gasteiger charge is -2.21. The van der Waals surface area contributed by atoms with Crippen LogP contribution in [0.15, 0.2) is 71.1 Å². The van der Waals surface area contributed by atoms with Crippen LogP contribution in [-0.2, 0) is 5.41 Å². The zero-order valence-corrected chi connectivity index (χ0v) is 17.2. The molecule has 1 aromatic heterocycles. The number of fused-ring (bicyclic) bond motifs is 7. The van der Waals surface area contributed by atoms with Gasteiger partial charge in [-0.1, -0.05) is 74.5 Å². The predicted molar refractivity (Wildman–Crippen MR) is 127 cm³/mol. The highest BCUT2D eigenvalue weighted by atomic mass is 16.4. The standard InChI is InChI=1S/C27H19BO3/c1-27(2)20-10-6-5-9-16(20)19-13-18-15-8-4-3-7-14(15)17-11-12-21(28(29)30)25-22(17)23(18)26(31-25)24(19)27/h3-13,29-30H,1-2H3. The summed E-state index contributed by atoms with van der Waals surface area (Å²) < 4.78 is 6.57. The monoisotopic (exact) mass is 402 g/mol. The molecule has 1 heterocycles. The van der Waals surface area contributed by atoms with Gasteiger partial charge < -0.3 is 14.5 Å². The zero-order chi connectivity index (χ0) is 21.1. The Kier molecular flexibility index (Phi) is 3.06. The highest BCUT2D eigenvalue weighted by Crippen LogP contribution is 2.55. The van der Waals surface area contributed by atoms with Crippen molar-refractivity contribution in [3.63, 3.8) is 0 Å². The third-order valence-corrected chi connectivity index (χ3v) is 7.22. The summed E-state index contributed by atoms with van der Waals surface area (Å²) in [6.07, 6.45) is 0. The van der Waals surface area contributed by atoms with Crippen LogP contribution in [0.2, 0.25) is 0 Å². The maximum Gasteiger partial charge on any atom is 0.492 e. The Morgan fingerprint density at radius 2 is 1.39 bits per heavy atom. The van der Waals surface area contributed by atoms with E-state index in [0.29, 0.717) is 11.0 Å². The largest absolute Gasteiger partial charge is 0.492 e. The summed E-state index contributed by atoms with van der Waals surface area (Å²) in [5.74, 6) is 0. The molecule has 0 saturated heterocycles. The van der Waals surface area contributed by atoms with Crippen LogP contribution in [0.25, 0.3) is 54.6 Å². The van der Waals surface area contributed by atoms with Gasteiger partial charge in [0, 0.05) is 27.2 Å². The number of rotatable bonds is 1. The smallest absolute Gasteiger partial charge is 0.456 e. The highest BCUT2D eigenvalue weighted by molar-refractivity contribution is 6.62. The molecule has 0 bridgehead atoms. The molecule has 31 heavy (non-hydrogen) atoms. The Morgan fingerprint density at radius 3 is 2.16 bits per heavy atom. The average molecular weight is 402 g/mol. The van der Waals surface area contributed by atoms with Crippen molar-refractivity contribution < 1.29 is 14.5 Å². The average Bonchev–Trinajstić information content (AvgIpc) is 3.27. The first-order valence-electron chi connectivity index (χ1n) is 10.6. The topological polar surface area (TPSA) is 53.6 Å². The Morgan fingerprint density at radius 1 is 0.710 bits per heavy atom. The second kappa shape index (κ2) is 5.47. The van der Waals surface area contributed by atoms with Crippen LogP contribution in [0.1, 0.15) is 25.0 Å². The summed E-state index contributed by atoms with van der Waals surface area (Å²) in [6, 6.07) is 23.1. The summed E-state index contributed by atoms with van der Waals surface area (Å²) in [6.45, 7) is 4.48. The molecule has 1 aliphatic carbocycles. The second-order valence-electron chi connectivity index (χ2n) is 9.15. The van der Waals surface area contributed by atoms with E-state index in [0.717, 1.165) is 32.5 Å². The van der Waals surface area contributed by atoms with E-state index in [1.807, 2.05) is 12.1 Å². The lowest BCUT2D eigenvalue weighted by Crippen LogP contribution is -2.30. The van der Waals surface area contributed by atoms with Gasteiger partial charge in [0.1, 0.15) is 11.2 Å². The lowest BCUT2D eigenvalue weighted by molar-refractivity contribution is 0.425. The van der Waals surface area contributed by atoms with E-state index in [-0.39, 0.29) is 5.41 Å². The van der Waals surface area contributed by atoms with Gasteiger partial charge in [-0.05, 0) is 44.3 Å². The van der Waals surface area contributed by atoms with Gasteiger partial charge in [-0.15, -0.1) is 0 Å². The van der Waals surface area contributed by atoms with E-state index in [1.54, 1.807) is 6.07 Å². The second-order valence-corrected chi connectivity index (χ2v) is 9.15. The quantitative estimate of drug-likeness (QED) is 0.289. The van der Waals surface area contributed by atoms with Crippen molar-refractivity contribution in [2.24, 2.45) is 0 Å². The van der Waals surface area contributed by atoms with Gasteiger partial charge in [-0.2, -0.15) is 0 Å². The molecule has 0 radical (unpaired) electrons. The SMILES string of the molecule is CC1(C)c2ccccc2-c2cc3c4ccccc4c4ccc(B(O)O)c5oc(c21)c3c54. The van der Waals surface area contributed by atoms with Crippen LogP contribution < -0.4 is 5.46 Å². The Labute approximate surface area is 179 Å². The molecule has 0 amide bonds. The van der Waals surface area contributed by atoms with Crippen molar-refractivity contribution in [1.82, 2.24) is 0 Å². The number of benzene rings is 5. The molecule has 7 rings (SSSR count).